The van der Waals surface area contributed by atoms with E-state index in [2.05, 4.69) is 22.8 Å². The van der Waals surface area contributed by atoms with Crippen LogP contribution in [0.15, 0.2) is 60.7 Å². The smallest absolute Gasteiger partial charge is 0.339 e. The second-order valence-electron chi connectivity index (χ2n) is 7.00. The molecule has 3 aromatic rings. The van der Waals surface area contributed by atoms with E-state index in [0.29, 0.717) is 5.56 Å². The minimum Gasteiger partial charge on any atom is -0.457 e. The number of benzene rings is 3. The Bertz CT molecular complexity index is 1040. The molecule has 1 unspecified atom stereocenters. The second-order valence-corrected chi connectivity index (χ2v) is 7.00. The van der Waals surface area contributed by atoms with E-state index in [1.807, 2.05) is 62.6 Å². The highest BCUT2D eigenvalue weighted by Crippen LogP contribution is 2.53. The zero-order chi connectivity index (χ0) is 19.3. The molecular weight excluding hydrogens is 352 g/mol. The van der Waals surface area contributed by atoms with E-state index in [4.69, 9.17) is 9.47 Å². The molecular formula is C23H20N2O3. The van der Waals surface area contributed by atoms with Crippen molar-refractivity contribution in [2.45, 2.75) is 12.0 Å². The number of esters is 1. The molecule has 28 heavy (non-hydrogen) atoms. The van der Waals surface area contributed by atoms with Crippen LogP contribution in [0, 0.1) is 0 Å². The molecule has 0 saturated heterocycles. The Hall–Kier alpha value is -3.47. The molecule has 5 heteroatoms. The molecule has 2 N–H and O–H groups in total. The highest BCUT2D eigenvalue weighted by Gasteiger charge is 2.42. The van der Waals surface area contributed by atoms with Crippen molar-refractivity contribution in [3.63, 3.8) is 0 Å². The monoisotopic (exact) mass is 372 g/mol. The SMILES string of the molecule is CNc1ccc2c(c1)Oc1cc(NC)ccc1C2C1OC(=O)c2ccccc21. The molecule has 0 saturated carbocycles. The molecule has 0 fully saturated rings. The number of hydrogen-bond acceptors (Lipinski definition) is 5. The van der Waals surface area contributed by atoms with Gasteiger partial charge in [0.15, 0.2) is 0 Å². The zero-order valence-electron chi connectivity index (χ0n) is 15.7. The minimum absolute atomic E-state index is 0.136. The van der Waals surface area contributed by atoms with Crippen LogP contribution in [0.2, 0.25) is 0 Å². The van der Waals surface area contributed by atoms with Gasteiger partial charge in [-0.25, -0.2) is 4.79 Å². The lowest BCUT2D eigenvalue weighted by Gasteiger charge is -2.32. The number of carbonyl (C=O) groups excluding carboxylic acids is 1. The largest absolute Gasteiger partial charge is 0.457 e. The van der Waals surface area contributed by atoms with Crippen LogP contribution >= 0.6 is 0 Å². The summed E-state index contributed by atoms with van der Waals surface area (Å²) in [6.45, 7) is 0. The number of ether oxygens (including phenoxy) is 2. The lowest BCUT2D eigenvalue weighted by molar-refractivity contribution is 0.0345. The van der Waals surface area contributed by atoms with Crippen LogP contribution in [-0.4, -0.2) is 20.1 Å². The van der Waals surface area contributed by atoms with Crippen LogP contribution in [-0.2, 0) is 4.74 Å². The van der Waals surface area contributed by atoms with Gasteiger partial charge in [0.2, 0.25) is 0 Å². The van der Waals surface area contributed by atoms with E-state index < -0.39 is 0 Å². The van der Waals surface area contributed by atoms with Gasteiger partial charge in [-0.3, -0.25) is 0 Å². The molecule has 0 spiro atoms. The summed E-state index contributed by atoms with van der Waals surface area (Å²) in [6.07, 6.45) is -0.383. The Balaban J connectivity index is 1.71. The maximum absolute atomic E-state index is 12.5. The maximum Gasteiger partial charge on any atom is 0.339 e. The minimum atomic E-state index is -0.383. The Labute approximate surface area is 163 Å². The standard InChI is InChI=1S/C23H20N2O3/c1-24-13-7-9-17-19(11-13)27-20-12-14(25-2)8-10-18(20)21(17)22-15-5-3-4-6-16(15)23(26)28-22/h3-12,21-22,24-25H,1-2H3. The third kappa shape index (κ3) is 2.43. The first-order chi connectivity index (χ1) is 13.7. The maximum atomic E-state index is 12.5. The molecule has 2 aliphatic rings. The second kappa shape index (κ2) is 6.30. The van der Waals surface area contributed by atoms with E-state index in [-0.39, 0.29) is 18.0 Å². The van der Waals surface area contributed by atoms with Gasteiger partial charge in [-0.05, 0) is 18.2 Å². The van der Waals surface area contributed by atoms with Gasteiger partial charge in [0, 0.05) is 54.3 Å². The van der Waals surface area contributed by atoms with Gasteiger partial charge in [-0.15, -0.1) is 0 Å². The Morgan fingerprint density at radius 1 is 0.786 bits per heavy atom. The van der Waals surface area contributed by atoms with Crippen molar-refractivity contribution in [1.29, 1.82) is 0 Å². The predicted molar refractivity (Wildman–Crippen MR) is 108 cm³/mol. The molecule has 0 amide bonds. The van der Waals surface area contributed by atoms with Gasteiger partial charge in [-0.1, -0.05) is 30.3 Å². The fraction of sp³-hybridized carbons (Fsp3) is 0.174. The first-order valence-corrected chi connectivity index (χ1v) is 9.30. The molecule has 0 aromatic heterocycles. The van der Waals surface area contributed by atoms with Crippen LogP contribution in [0.3, 0.4) is 0 Å². The van der Waals surface area contributed by atoms with E-state index in [1.54, 1.807) is 0 Å². The molecule has 0 radical (unpaired) electrons. The molecule has 5 rings (SSSR count). The Kier molecular flexibility index (Phi) is 3.76. The molecule has 0 bridgehead atoms. The Morgan fingerprint density at radius 3 is 2.00 bits per heavy atom. The van der Waals surface area contributed by atoms with Crippen LogP contribution in [0.25, 0.3) is 0 Å². The first-order valence-electron chi connectivity index (χ1n) is 9.30. The topological polar surface area (TPSA) is 59.6 Å². The van der Waals surface area contributed by atoms with Crippen molar-refractivity contribution in [3.05, 3.63) is 82.9 Å². The summed E-state index contributed by atoms with van der Waals surface area (Å²) in [5, 5.41) is 6.31. The summed E-state index contributed by atoms with van der Waals surface area (Å²) >= 11 is 0. The third-order valence-electron chi connectivity index (χ3n) is 5.52. The van der Waals surface area contributed by atoms with E-state index >= 15 is 0 Å². The number of cyclic esters (lactones) is 1. The molecule has 5 nitrogen and oxygen atoms in total. The molecule has 140 valence electrons. The molecule has 3 aromatic carbocycles. The van der Waals surface area contributed by atoms with Crippen LogP contribution in [0.5, 0.6) is 11.5 Å². The summed E-state index contributed by atoms with van der Waals surface area (Å²) < 4.78 is 12.1. The summed E-state index contributed by atoms with van der Waals surface area (Å²) in [5.74, 6) is 1.15. The van der Waals surface area contributed by atoms with Crippen LogP contribution in [0.1, 0.15) is 39.1 Å². The predicted octanol–water partition coefficient (Wildman–Crippen LogP) is 4.92. The van der Waals surface area contributed by atoms with Crippen LogP contribution in [0.4, 0.5) is 11.4 Å². The summed E-state index contributed by atoms with van der Waals surface area (Å²) in [7, 11) is 3.76. The highest BCUT2D eigenvalue weighted by atomic mass is 16.5. The fourth-order valence-electron chi connectivity index (χ4n) is 4.10. The van der Waals surface area contributed by atoms with E-state index in [9.17, 15) is 4.79 Å². The molecule has 2 heterocycles. The normalized spacial score (nSPS) is 17.1. The summed E-state index contributed by atoms with van der Waals surface area (Å²) in [6, 6.07) is 19.7. The average molecular weight is 372 g/mol. The molecule has 0 aliphatic carbocycles. The van der Waals surface area contributed by atoms with E-state index in [1.165, 1.54) is 0 Å². The van der Waals surface area contributed by atoms with Crippen molar-refractivity contribution in [1.82, 2.24) is 0 Å². The van der Waals surface area contributed by atoms with Crippen molar-refractivity contribution in [2.75, 3.05) is 24.7 Å². The van der Waals surface area contributed by atoms with Crippen molar-refractivity contribution < 1.29 is 14.3 Å². The number of anilines is 2. The van der Waals surface area contributed by atoms with Crippen LogP contribution < -0.4 is 15.4 Å². The van der Waals surface area contributed by atoms with Crippen molar-refractivity contribution in [3.8, 4) is 11.5 Å². The molecule has 1 atom stereocenters. The third-order valence-corrected chi connectivity index (χ3v) is 5.52. The lowest BCUT2D eigenvalue weighted by Crippen LogP contribution is -2.18. The van der Waals surface area contributed by atoms with E-state index in [0.717, 1.165) is 39.6 Å². The number of nitrogens with one attached hydrogen (secondary N) is 2. The van der Waals surface area contributed by atoms with Gasteiger partial charge in [0.1, 0.15) is 17.6 Å². The van der Waals surface area contributed by atoms with Gasteiger partial charge >= 0.3 is 5.97 Å². The Morgan fingerprint density at radius 2 is 1.39 bits per heavy atom. The zero-order valence-corrected chi connectivity index (χ0v) is 15.7. The summed E-state index contributed by atoms with van der Waals surface area (Å²) in [4.78, 5) is 12.5. The van der Waals surface area contributed by atoms with Gasteiger partial charge in [0.25, 0.3) is 0 Å². The quantitative estimate of drug-likeness (QED) is 0.639. The number of carbonyl (C=O) groups is 1. The average Bonchev–Trinajstić information content (AvgIpc) is 3.07. The van der Waals surface area contributed by atoms with Gasteiger partial charge in [0.05, 0.1) is 11.5 Å². The van der Waals surface area contributed by atoms with Gasteiger partial charge < -0.3 is 20.1 Å². The first kappa shape index (κ1) is 16.7. The number of rotatable bonds is 3. The lowest BCUT2D eigenvalue weighted by atomic mass is 9.81. The number of hydrogen-bond donors (Lipinski definition) is 2. The van der Waals surface area contributed by atoms with Crippen molar-refractivity contribution >= 4 is 17.3 Å². The van der Waals surface area contributed by atoms with Crippen molar-refractivity contribution in [2.24, 2.45) is 0 Å². The van der Waals surface area contributed by atoms with Gasteiger partial charge in [-0.2, -0.15) is 0 Å². The number of fused-ring (bicyclic) bond motifs is 3. The molecule has 2 aliphatic heterocycles. The summed E-state index contributed by atoms with van der Waals surface area (Å²) in [5.41, 5.74) is 5.52. The fourth-order valence-corrected chi connectivity index (χ4v) is 4.10. The highest BCUT2D eigenvalue weighted by molar-refractivity contribution is 5.94.